The minimum atomic E-state index is -0.199. The topological polar surface area (TPSA) is 26.3 Å². The van der Waals surface area contributed by atoms with Crippen molar-refractivity contribution >= 4 is 5.97 Å². The van der Waals surface area contributed by atoms with Gasteiger partial charge in [-0.05, 0) is 6.42 Å². The van der Waals surface area contributed by atoms with Crippen LogP contribution in [0.2, 0.25) is 0 Å². The minimum absolute atomic E-state index is 0.199. The quantitative estimate of drug-likeness (QED) is 0.465. The summed E-state index contributed by atoms with van der Waals surface area (Å²) in [6.45, 7) is 2.13. The van der Waals surface area contributed by atoms with Crippen molar-refractivity contribution in [2.45, 2.75) is 26.2 Å². The summed E-state index contributed by atoms with van der Waals surface area (Å²) in [6.07, 6.45) is 10.3. The number of unbranched alkanes of at least 4 members (excludes halogenated alkanes) is 1. The first kappa shape index (κ1) is 11.0. The highest BCUT2D eigenvalue weighted by atomic mass is 16.5. The smallest absolute Gasteiger partial charge is 0.309 e. The fourth-order valence-electron chi connectivity index (χ4n) is 0.668. The van der Waals surface area contributed by atoms with E-state index in [1.165, 1.54) is 7.11 Å². The average molecular weight is 168 g/mol. The van der Waals surface area contributed by atoms with E-state index in [2.05, 4.69) is 17.7 Å². The lowest BCUT2D eigenvalue weighted by Gasteiger charge is -1.90. The molecule has 0 aromatic carbocycles. The van der Waals surface area contributed by atoms with Crippen molar-refractivity contribution in [1.82, 2.24) is 0 Å². The molecule has 0 saturated heterocycles. The van der Waals surface area contributed by atoms with E-state index in [0.717, 1.165) is 12.8 Å². The van der Waals surface area contributed by atoms with Crippen molar-refractivity contribution in [1.29, 1.82) is 0 Å². The Morgan fingerprint density at radius 3 is 2.58 bits per heavy atom. The summed E-state index contributed by atoms with van der Waals surface area (Å²) in [7, 11) is 1.39. The second-order valence-electron chi connectivity index (χ2n) is 2.43. The molecular formula is C10H16O2. The maximum absolute atomic E-state index is 10.6. The molecule has 0 N–H and O–H groups in total. The van der Waals surface area contributed by atoms with Gasteiger partial charge >= 0.3 is 5.97 Å². The summed E-state index contributed by atoms with van der Waals surface area (Å²) in [5.41, 5.74) is 0. The number of esters is 1. The maximum atomic E-state index is 10.6. The number of methoxy groups -OCH3 is 1. The zero-order valence-corrected chi connectivity index (χ0v) is 7.75. The highest BCUT2D eigenvalue weighted by Gasteiger charge is 1.91. The van der Waals surface area contributed by atoms with E-state index >= 15 is 0 Å². The number of rotatable bonds is 5. The molecule has 0 aliphatic heterocycles. The molecule has 0 aromatic heterocycles. The largest absolute Gasteiger partial charge is 0.469 e. The standard InChI is InChI=1S/C10H16O2/c1-3-4-5-6-7-8-9-10(11)12-2/h5-8H,3-4,9H2,1-2H3/b6-5+,8-7+. The SMILES string of the molecule is CCC/C=C/C=C/CC(=O)OC. The van der Waals surface area contributed by atoms with Gasteiger partial charge in [0, 0.05) is 0 Å². The molecule has 0 aliphatic carbocycles. The van der Waals surface area contributed by atoms with Crippen molar-refractivity contribution in [2.75, 3.05) is 7.11 Å². The first-order valence-corrected chi connectivity index (χ1v) is 4.19. The van der Waals surface area contributed by atoms with Gasteiger partial charge in [-0.25, -0.2) is 0 Å². The maximum Gasteiger partial charge on any atom is 0.309 e. The van der Waals surface area contributed by atoms with Gasteiger partial charge in [-0.3, -0.25) is 4.79 Å². The zero-order valence-electron chi connectivity index (χ0n) is 7.75. The van der Waals surface area contributed by atoms with Crippen LogP contribution in [0, 0.1) is 0 Å². The van der Waals surface area contributed by atoms with Gasteiger partial charge in [-0.2, -0.15) is 0 Å². The van der Waals surface area contributed by atoms with Gasteiger partial charge in [0.25, 0.3) is 0 Å². The average Bonchev–Trinajstić information content (AvgIpc) is 2.10. The zero-order chi connectivity index (χ0) is 9.23. The normalized spacial score (nSPS) is 11.2. The molecule has 68 valence electrons. The highest BCUT2D eigenvalue weighted by molar-refractivity contribution is 5.70. The minimum Gasteiger partial charge on any atom is -0.469 e. The third kappa shape index (κ3) is 7.06. The number of hydrogen-bond donors (Lipinski definition) is 0. The van der Waals surface area contributed by atoms with Gasteiger partial charge in [0.15, 0.2) is 0 Å². The first-order chi connectivity index (χ1) is 5.81. The third-order valence-electron chi connectivity index (χ3n) is 1.35. The molecule has 12 heavy (non-hydrogen) atoms. The van der Waals surface area contributed by atoms with E-state index < -0.39 is 0 Å². The van der Waals surface area contributed by atoms with Crippen LogP contribution in [-0.2, 0) is 9.53 Å². The fraction of sp³-hybridized carbons (Fsp3) is 0.500. The number of ether oxygens (including phenoxy) is 1. The summed E-state index contributed by atoms with van der Waals surface area (Å²) >= 11 is 0. The van der Waals surface area contributed by atoms with Crippen LogP contribution < -0.4 is 0 Å². The van der Waals surface area contributed by atoms with E-state index in [1.807, 2.05) is 12.2 Å². The molecule has 0 aliphatic rings. The van der Waals surface area contributed by atoms with E-state index in [1.54, 1.807) is 6.08 Å². The van der Waals surface area contributed by atoms with Gasteiger partial charge in [0.1, 0.15) is 0 Å². The summed E-state index contributed by atoms with van der Waals surface area (Å²) in [4.78, 5) is 10.6. The molecule has 2 nitrogen and oxygen atoms in total. The molecular weight excluding hydrogens is 152 g/mol. The van der Waals surface area contributed by atoms with Gasteiger partial charge in [-0.1, -0.05) is 37.6 Å². The van der Waals surface area contributed by atoms with Crippen LogP contribution in [0.15, 0.2) is 24.3 Å². The van der Waals surface area contributed by atoms with Gasteiger partial charge in [0.05, 0.1) is 13.5 Å². The summed E-state index contributed by atoms with van der Waals surface area (Å²) in [6, 6.07) is 0. The van der Waals surface area contributed by atoms with Crippen LogP contribution in [-0.4, -0.2) is 13.1 Å². The van der Waals surface area contributed by atoms with Crippen LogP contribution in [0.1, 0.15) is 26.2 Å². The Kier molecular flexibility index (Phi) is 7.35. The second-order valence-corrected chi connectivity index (χ2v) is 2.43. The fourth-order valence-corrected chi connectivity index (χ4v) is 0.668. The molecule has 0 heterocycles. The van der Waals surface area contributed by atoms with Crippen LogP contribution in [0.4, 0.5) is 0 Å². The molecule has 0 saturated carbocycles. The molecule has 0 fully saturated rings. The van der Waals surface area contributed by atoms with Crippen LogP contribution >= 0.6 is 0 Å². The molecule has 0 spiro atoms. The summed E-state index contributed by atoms with van der Waals surface area (Å²) < 4.78 is 4.46. The monoisotopic (exact) mass is 168 g/mol. The van der Waals surface area contributed by atoms with Crippen molar-refractivity contribution in [3.63, 3.8) is 0 Å². The number of carbonyl (C=O) groups is 1. The molecule has 0 radical (unpaired) electrons. The predicted molar refractivity (Wildman–Crippen MR) is 49.8 cm³/mol. The second kappa shape index (κ2) is 8.05. The van der Waals surface area contributed by atoms with E-state index in [0.29, 0.717) is 6.42 Å². The van der Waals surface area contributed by atoms with Crippen LogP contribution in [0.3, 0.4) is 0 Å². The molecule has 2 heteroatoms. The Morgan fingerprint density at radius 1 is 1.33 bits per heavy atom. The Hall–Kier alpha value is -1.05. The molecule has 0 aromatic rings. The lowest BCUT2D eigenvalue weighted by atomic mass is 10.3. The van der Waals surface area contributed by atoms with Crippen LogP contribution in [0.25, 0.3) is 0 Å². The van der Waals surface area contributed by atoms with Crippen LogP contribution in [0.5, 0.6) is 0 Å². The van der Waals surface area contributed by atoms with E-state index in [9.17, 15) is 4.79 Å². The molecule has 0 bridgehead atoms. The Labute approximate surface area is 73.9 Å². The Bertz CT molecular complexity index is 169. The Morgan fingerprint density at radius 2 is 2.00 bits per heavy atom. The lowest BCUT2D eigenvalue weighted by molar-refractivity contribution is -0.139. The van der Waals surface area contributed by atoms with Gasteiger partial charge < -0.3 is 4.74 Å². The number of allylic oxidation sites excluding steroid dienone is 3. The van der Waals surface area contributed by atoms with E-state index in [-0.39, 0.29) is 5.97 Å². The van der Waals surface area contributed by atoms with Crippen molar-refractivity contribution in [3.8, 4) is 0 Å². The molecule has 0 amide bonds. The summed E-state index contributed by atoms with van der Waals surface area (Å²) in [5, 5.41) is 0. The third-order valence-corrected chi connectivity index (χ3v) is 1.35. The predicted octanol–water partition coefficient (Wildman–Crippen LogP) is 2.46. The lowest BCUT2D eigenvalue weighted by Crippen LogP contribution is -1.96. The van der Waals surface area contributed by atoms with Gasteiger partial charge in [0.2, 0.25) is 0 Å². The molecule has 0 unspecified atom stereocenters. The number of hydrogen-bond acceptors (Lipinski definition) is 2. The summed E-state index contributed by atoms with van der Waals surface area (Å²) in [5.74, 6) is -0.199. The first-order valence-electron chi connectivity index (χ1n) is 4.19. The Balaban J connectivity index is 3.42. The van der Waals surface area contributed by atoms with Crippen molar-refractivity contribution in [3.05, 3.63) is 24.3 Å². The highest BCUT2D eigenvalue weighted by Crippen LogP contribution is 1.91. The molecule has 0 atom stereocenters. The van der Waals surface area contributed by atoms with Crippen molar-refractivity contribution < 1.29 is 9.53 Å². The van der Waals surface area contributed by atoms with E-state index in [4.69, 9.17) is 0 Å². The van der Waals surface area contributed by atoms with Gasteiger partial charge in [-0.15, -0.1) is 0 Å². The molecule has 0 rings (SSSR count). The van der Waals surface area contributed by atoms with Crippen molar-refractivity contribution in [2.24, 2.45) is 0 Å². The number of carbonyl (C=O) groups excluding carboxylic acids is 1.